The summed E-state index contributed by atoms with van der Waals surface area (Å²) in [5, 5.41) is 0. The van der Waals surface area contributed by atoms with Crippen LogP contribution in [-0.4, -0.2) is 25.8 Å². The van der Waals surface area contributed by atoms with Crippen LogP contribution in [0.25, 0.3) is 6.08 Å². The van der Waals surface area contributed by atoms with E-state index in [4.69, 9.17) is 9.47 Å². The minimum atomic E-state index is -0.252. The van der Waals surface area contributed by atoms with Gasteiger partial charge in [-0.05, 0) is 24.5 Å². The summed E-state index contributed by atoms with van der Waals surface area (Å²) in [6.45, 7) is 5.47. The third-order valence-electron chi connectivity index (χ3n) is 4.17. The first-order valence-corrected chi connectivity index (χ1v) is 8.99. The average molecular weight is 328 g/mol. The van der Waals surface area contributed by atoms with Crippen LogP contribution in [0.5, 0.6) is 0 Å². The van der Waals surface area contributed by atoms with E-state index in [1.807, 2.05) is 25.1 Å². The van der Waals surface area contributed by atoms with Crippen LogP contribution in [0.3, 0.4) is 0 Å². The Hall–Kier alpha value is -1.87. The van der Waals surface area contributed by atoms with Gasteiger partial charge < -0.3 is 9.47 Å². The molecule has 0 radical (unpaired) electrons. The number of fused-ring (bicyclic) bond motifs is 1. The fourth-order valence-corrected chi connectivity index (χ4v) is 2.81. The van der Waals surface area contributed by atoms with Gasteiger partial charge >= 0.3 is 5.97 Å². The van der Waals surface area contributed by atoms with Crippen LogP contribution in [0.1, 0.15) is 56.6 Å². The standard InChI is InChI=1S/C21H28O3/c1-3-5-6-9-14-24-21(22)19(16-23-4-2)15-18-13-12-17-10-7-8-11-20(17)18/h7-8,10-13,15,18H,3-6,9,14,16H2,1-2H3. The van der Waals surface area contributed by atoms with E-state index in [1.165, 1.54) is 24.0 Å². The summed E-state index contributed by atoms with van der Waals surface area (Å²) >= 11 is 0. The maximum atomic E-state index is 12.4. The molecular weight excluding hydrogens is 300 g/mol. The molecule has 0 heterocycles. The summed E-state index contributed by atoms with van der Waals surface area (Å²) in [7, 11) is 0. The molecule has 1 aliphatic carbocycles. The molecule has 0 spiro atoms. The number of esters is 1. The number of allylic oxidation sites excluding steroid dienone is 2. The molecule has 1 aromatic rings. The van der Waals surface area contributed by atoms with Crippen molar-refractivity contribution in [3.63, 3.8) is 0 Å². The number of hydrogen-bond donors (Lipinski definition) is 0. The molecule has 1 aromatic carbocycles. The van der Waals surface area contributed by atoms with Gasteiger partial charge in [-0.3, -0.25) is 0 Å². The highest BCUT2D eigenvalue weighted by Crippen LogP contribution is 2.31. The Balaban J connectivity index is 2.00. The predicted octanol–water partition coefficient (Wildman–Crippen LogP) is 4.88. The van der Waals surface area contributed by atoms with Crippen molar-refractivity contribution >= 4 is 12.0 Å². The summed E-state index contributed by atoms with van der Waals surface area (Å²) in [6, 6.07) is 8.25. The van der Waals surface area contributed by atoms with Gasteiger partial charge in [-0.2, -0.15) is 0 Å². The van der Waals surface area contributed by atoms with Gasteiger partial charge in [0.2, 0.25) is 0 Å². The summed E-state index contributed by atoms with van der Waals surface area (Å²) in [6.07, 6.45) is 10.6. The maximum Gasteiger partial charge on any atom is 0.336 e. The molecule has 0 amide bonds. The van der Waals surface area contributed by atoms with Gasteiger partial charge in [-0.25, -0.2) is 4.79 Å². The van der Waals surface area contributed by atoms with Gasteiger partial charge in [0.05, 0.1) is 18.8 Å². The smallest absolute Gasteiger partial charge is 0.336 e. The van der Waals surface area contributed by atoms with E-state index in [1.54, 1.807) is 0 Å². The molecule has 1 aliphatic rings. The Bertz CT molecular complexity index is 587. The van der Waals surface area contributed by atoms with Crippen LogP contribution < -0.4 is 0 Å². The Labute approximate surface area is 145 Å². The lowest BCUT2D eigenvalue weighted by atomic mass is 9.98. The highest BCUT2D eigenvalue weighted by atomic mass is 16.5. The molecule has 0 bridgehead atoms. The molecule has 0 saturated carbocycles. The molecule has 0 aromatic heterocycles. The van der Waals surface area contributed by atoms with Crippen molar-refractivity contribution in [1.82, 2.24) is 0 Å². The predicted molar refractivity (Wildman–Crippen MR) is 97.9 cm³/mol. The number of carbonyl (C=O) groups excluding carboxylic acids is 1. The van der Waals surface area contributed by atoms with Crippen molar-refractivity contribution in [3.05, 3.63) is 53.1 Å². The van der Waals surface area contributed by atoms with Crippen molar-refractivity contribution in [2.75, 3.05) is 19.8 Å². The Morgan fingerprint density at radius 2 is 2.00 bits per heavy atom. The first kappa shape index (κ1) is 18.5. The lowest BCUT2D eigenvalue weighted by molar-refractivity contribution is -0.139. The lowest BCUT2D eigenvalue weighted by Gasteiger charge is -2.12. The Morgan fingerprint density at radius 3 is 2.79 bits per heavy atom. The number of carbonyl (C=O) groups is 1. The third-order valence-corrected chi connectivity index (χ3v) is 4.17. The summed E-state index contributed by atoms with van der Waals surface area (Å²) in [5.41, 5.74) is 3.04. The lowest BCUT2D eigenvalue weighted by Crippen LogP contribution is -2.14. The zero-order valence-electron chi connectivity index (χ0n) is 14.8. The Kier molecular flexibility index (Phi) is 7.76. The summed E-state index contributed by atoms with van der Waals surface area (Å²) in [4.78, 5) is 12.4. The maximum absolute atomic E-state index is 12.4. The third kappa shape index (κ3) is 5.34. The van der Waals surface area contributed by atoms with Crippen molar-refractivity contribution in [2.45, 2.75) is 45.4 Å². The second-order valence-corrected chi connectivity index (χ2v) is 6.04. The van der Waals surface area contributed by atoms with Crippen LogP contribution in [0.4, 0.5) is 0 Å². The second-order valence-electron chi connectivity index (χ2n) is 6.04. The van der Waals surface area contributed by atoms with Crippen LogP contribution >= 0.6 is 0 Å². The van der Waals surface area contributed by atoms with E-state index in [2.05, 4.69) is 31.2 Å². The number of unbranched alkanes of at least 4 members (excludes halogenated alkanes) is 3. The number of rotatable bonds is 10. The van der Waals surface area contributed by atoms with Crippen LogP contribution in [0.2, 0.25) is 0 Å². The molecule has 0 aliphatic heterocycles. The van der Waals surface area contributed by atoms with Crippen molar-refractivity contribution in [1.29, 1.82) is 0 Å². The molecule has 24 heavy (non-hydrogen) atoms. The molecule has 3 nitrogen and oxygen atoms in total. The molecule has 0 saturated heterocycles. The van der Waals surface area contributed by atoms with Gasteiger partial charge in [-0.1, -0.05) is 68.7 Å². The fraction of sp³-hybridized carbons (Fsp3) is 0.476. The van der Waals surface area contributed by atoms with Gasteiger partial charge in [-0.15, -0.1) is 0 Å². The molecule has 0 fully saturated rings. The van der Waals surface area contributed by atoms with E-state index >= 15 is 0 Å². The monoisotopic (exact) mass is 328 g/mol. The molecule has 1 unspecified atom stereocenters. The van der Waals surface area contributed by atoms with Crippen LogP contribution in [-0.2, 0) is 14.3 Å². The van der Waals surface area contributed by atoms with E-state index in [-0.39, 0.29) is 11.9 Å². The molecular formula is C21H28O3. The number of hydrogen-bond acceptors (Lipinski definition) is 3. The molecule has 1 atom stereocenters. The van der Waals surface area contributed by atoms with E-state index in [0.717, 1.165) is 12.8 Å². The summed E-state index contributed by atoms with van der Waals surface area (Å²) < 4.78 is 10.9. The normalized spacial score (nSPS) is 16.2. The molecule has 0 N–H and O–H groups in total. The average Bonchev–Trinajstić information content (AvgIpc) is 3.01. The van der Waals surface area contributed by atoms with Crippen LogP contribution in [0, 0.1) is 0 Å². The van der Waals surface area contributed by atoms with Crippen molar-refractivity contribution in [3.8, 4) is 0 Å². The number of ether oxygens (including phenoxy) is 2. The van der Waals surface area contributed by atoms with Gasteiger partial charge in [0.25, 0.3) is 0 Å². The molecule has 130 valence electrons. The van der Waals surface area contributed by atoms with Gasteiger partial charge in [0.1, 0.15) is 0 Å². The SMILES string of the molecule is CCCCCCOC(=O)C(=CC1C=Cc2ccccc21)COCC. The quantitative estimate of drug-likeness (QED) is 0.349. The minimum Gasteiger partial charge on any atom is -0.462 e. The van der Waals surface area contributed by atoms with E-state index in [9.17, 15) is 4.79 Å². The second kappa shape index (κ2) is 10.1. The number of benzene rings is 1. The first-order chi connectivity index (χ1) is 11.8. The largest absolute Gasteiger partial charge is 0.462 e. The van der Waals surface area contributed by atoms with E-state index in [0.29, 0.717) is 25.4 Å². The first-order valence-electron chi connectivity index (χ1n) is 8.99. The highest BCUT2D eigenvalue weighted by molar-refractivity contribution is 5.89. The molecule has 3 heteroatoms. The van der Waals surface area contributed by atoms with Gasteiger partial charge in [0.15, 0.2) is 0 Å². The van der Waals surface area contributed by atoms with Crippen molar-refractivity contribution in [2.24, 2.45) is 0 Å². The minimum absolute atomic E-state index is 0.115. The highest BCUT2D eigenvalue weighted by Gasteiger charge is 2.19. The van der Waals surface area contributed by atoms with Gasteiger partial charge in [0, 0.05) is 12.5 Å². The van der Waals surface area contributed by atoms with Crippen LogP contribution in [0.15, 0.2) is 42.0 Å². The summed E-state index contributed by atoms with van der Waals surface area (Å²) in [5.74, 6) is -0.137. The van der Waals surface area contributed by atoms with E-state index < -0.39 is 0 Å². The molecule has 2 rings (SSSR count). The van der Waals surface area contributed by atoms with Crippen molar-refractivity contribution < 1.29 is 14.3 Å². The zero-order chi connectivity index (χ0) is 17.2. The fourth-order valence-electron chi connectivity index (χ4n) is 2.81. The topological polar surface area (TPSA) is 35.5 Å². The Morgan fingerprint density at radius 1 is 1.17 bits per heavy atom. The zero-order valence-corrected chi connectivity index (χ0v) is 14.8.